The van der Waals surface area contributed by atoms with Crippen LogP contribution in [0.5, 0.6) is 0 Å². The molecule has 1 aliphatic rings. The molecule has 112 valence electrons. The molecule has 0 amide bonds. The summed E-state index contributed by atoms with van der Waals surface area (Å²) >= 11 is 0. The molecule has 1 fully saturated rings. The molecule has 0 saturated carbocycles. The smallest absolute Gasteiger partial charge is 0.0279 e. The first-order chi connectivity index (χ1) is 9.31. The van der Waals surface area contributed by atoms with Gasteiger partial charge >= 0.3 is 0 Å². The van der Waals surface area contributed by atoms with E-state index in [2.05, 4.69) is 64.2 Å². The maximum atomic E-state index is 6.58. The van der Waals surface area contributed by atoms with Crippen molar-refractivity contribution in [2.45, 2.75) is 71.5 Å². The Kier molecular flexibility index (Phi) is 4.55. The summed E-state index contributed by atoms with van der Waals surface area (Å²) in [6.07, 6.45) is 2.21. The highest BCUT2D eigenvalue weighted by atomic mass is 15.1. The van der Waals surface area contributed by atoms with Gasteiger partial charge in [-0.05, 0) is 36.3 Å². The van der Waals surface area contributed by atoms with Crippen LogP contribution in [0.15, 0.2) is 24.3 Å². The summed E-state index contributed by atoms with van der Waals surface area (Å²) in [5, 5.41) is 3.72. The molecule has 20 heavy (non-hydrogen) atoms. The lowest BCUT2D eigenvalue weighted by Crippen LogP contribution is -2.40. The maximum Gasteiger partial charge on any atom is 0.0279 e. The van der Waals surface area contributed by atoms with Gasteiger partial charge in [-0.1, -0.05) is 52.0 Å². The molecule has 0 spiro atoms. The first-order valence-corrected chi connectivity index (χ1v) is 7.92. The molecule has 1 saturated heterocycles. The van der Waals surface area contributed by atoms with Gasteiger partial charge in [-0.25, -0.2) is 0 Å². The van der Waals surface area contributed by atoms with Crippen LogP contribution in [0.25, 0.3) is 0 Å². The van der Waals surface area contributed by atoms with Crippen LogP contribution >= 0.6 is 0 Å². The van der Waals surface area contributed by atoms with Gasteiger partial charge in [0, 0.05) is 24.0 Å². The second kappa shape index (κ2) is 5.87. The number of benzene rings is 1. The standard InChI is InChI=1S/C18H30N2/c1-6-13-8-7-9-14(10-13)16-12(2)20-15(17(16)19)11-18(3,4)5/h7-10,12,15-17,20H,6,11,19H2,1-5H3. The van der Waals surface area contributed by atoms with Gasteiger partial charge in [0.25, 0.3) is 0 Å². The van der Waals surface area contributed by atoms with E-state index in [4.69, 9.17) is 5.73 Å². The van der Waals surface area contributed by atoms with Gasteiger partial charge in [-0.15, -0.1) is 0 Å². The number of hydrogen-bond donors (Lipinski definition) is 2. The zero-order chi connectivity index (χ0) is 14.9. The Hall–Kier alpha value is -0.860. The summed E-state index contributed by atoms with van der Waals surface area (Å²) in [5.74, 6) is 0.425. The first-order valence-electron chi connectivity index (χ1n) is 7.92. The van der Waals surface area contributed by atoms with Gasteiger partial charge in [0.1, 0.15) is 0 Å². The minimum atomic E-state index is 0.205. The third-order valence-corrected chi connectivity index (χ3v) is 4.47. The lowest BCUT2D eigenvalue weighted by molar-refractivity contribution is 0.308. The highest BCUT2D eigenvalue weighted by Gasteiger charge is 2.40. The van der Waals surface area contributed by atoms with Crippen molar-refractivity contribution in [1.29, 1.82) is 0 Å². The Morgan fingerprint density at radius 2 is 1.95 bits per heavy atom. The molecule has 4 atom stereocenters. The van der Waals surface area contributed by atoms with Crippen molar-refractivity contribution < 1.29 is 0 Å². The number of rotatable bonds is 3. The van der Waals surface area contributed by atoms with Crippen molar-refractivity contribution in [3.05, 3.63) is 35.4 Å². The van der Waals surface area contributed by atoms with E-state index in [1.165, 1.54) is 11.1 Å². The Bertz CT molecular complexity index is 447. The minimum absolute atomic E-state index is 0.205. The fourth-order valence-electron chi connectivity index (χ4n) is 3.52. The van der Waals surface area contributed by atoms with Crippen LogP contribution in [0.4, 0.5) is 0 Å². The zero-order valence-electron chi connectivity index (χ0n) is 13.6. The van der Waals surface area contributed by atoms with Crippen LogP contribution < -0.4 is 11.1 Å². The normalized spacial score (nSPS) is 30.7. The average Bonchev–Trinajstić information content (AvgIpc) is 2.62. The second-order valence-electron chi connectivity index (χ2n) is 7.53. The van der Waals surface area contributed by atoms with Crippen molar-refractivity contribution >= 4 is 0 Å². The zero-order valence-corrected chi connectivity index (χ0v) is 13.6. The van der Waals surface area contributed by atoms with Crippen molar-refractivity contribution in [2.75, 3.05) is 0 Å². The molecule has 1 aromatic rings. The van der Waals surface area contributed by atoms with Gasteiger partial charge in [0.2, 0.25) is 0 Å². The summed E-state index contributed by atoms with van der Waals surface area (Å²) in [7, 11) is 0. The minimum Gasteiger partial charge on any atom is -0.326 e. The van der Waals surface area contributed by atoms with Gasteiger partial charge in [-0.2, -0.15) is 0 Å². The summed E-state index contributed by atoms with van der Waals surface area (Å²) in [4.78, 5) is 0. The van der Waals surface area contributed by atoms with Crippen LogP contribution in [0.3, 0.4) is 0 Å². The predicted molar refractivity (Wildman–Crippen MR) is 87.0 cm³/mol. The molecule has 1 aliphatic heterocycles. The summed E-state index contributed by atoms with van der Waals surface area (Å²) in [6.45, 7) is 11.3. The number of aryl methyl sites for hydroxylation is 1. The van der Waals surface area contributed by atoms with Gasteiger partial charge in [0.05, 0.1) is 0 Å². The van der Waals surface area contributed by atoms with E-state index in [1.54, 1.807) is 0 Å². The molecule has 1 aromatic carbocycles. The van der Waals surface area contributed by atoms with Crippen LogP contribution in [0.2, 0.25) is 0 Å². The van der Waals surface area contributed by atoms with Crippen LogP contribution in [0, 0.1) is 5.41 Å². The van der Waals surface area contributed by atoms with E-state index in [9.17, 15) is 0 Å². The molecule has 2 heteroatoms. The van der Waals surface area contributed by atoms with Gasteiger partial charge in [-0.3, -0.25) is 0 Å². The topological polar surface area (TPSA) is 38.0 Å². The molecule has 2 rings (SSSR count). The molecule has 0 aromatic heterocycles. The van der Waals surface area contributed by atoms with E-state index in [1.807, 2.05) is 0 Å². The molecule has 1 heterocycles. The summed E-state index contributed by atoms with van der Waals surface area (Å²) in [5.41, 5.74) is 9.70. The largest absolute Gasteiger partial charge is 0.326 e. The van der Waals surface area contributed by atoms with Crippen molar-refractivity contribution in [1.82, 2.24) is 5.32 Å². The number of nitrogens with two attached hydrogens (primary N) is 1. The molecule has 3 N–H and O–H groups in total. The van der Waals surface area contributed by atoms with Crippen LogP contribution in [-0.2, 0) is 6.42 Å². The van der Waals surface area contributed by atoms with E-state index in [-0.39, 0.29) is 6.04 Å². The highest BCUT2D eigenvalue weighted by molar-refractivity contribution is 5.31. The predicted octanol–water partition coefficient (Wildman–Crippen LogP) is 3.46. The quantitative estimate of drug-likeness (QED) is 0.886. The van der Waals surface area contributed by atoms with Crippen molar-refractivity contribution in [2.24, 2.45) is 11.1 Å². The van der Waals surface area contributed by atoms with Crippen LogP contribution in [-0.4, -0.2) is 18.1 Å². The third kappa shape index (κ3) is 3.42. The molecule has 0 aliphatic carbocycles. The molecule has 0 radical (unpaired) electrons. The van der Waals surface area contributed by atoms with E-state index < -0.39 is 0 Å². The van der Waals surface area contributed by atoms with Gasteiger partial charge < -0.3 is 11.1 Å². The SMILES string of the molecule is CCc1cccc(C2C(C)NC(CC(C)(C)C)C2N)c1. The van der Waals surface area contributed by atoms with Crippen LogP contribution in [0.1, 0.15) is 58.1 Å². The number of nitrogens with one attached hydrogen (secondary N) is 1. The summed E-state index contributed by atoms with van der Waals surface area (Å²) in [6, 6.07) is 10.0. The van der Waals surface area contributed by atoms with Crippen molar-refractivity contribution in [3.63, 3.8) is 0 Å². The van der Waals surface area contributed by atoms with E-state index >= 15 is 0 Å². The molecular formula is C18H30N2. The Morgan fingerprint density at radius 1 is 1.25 bits per heavy atom. The molecule has 2 nitrogen and oxygen atoms in total. The maximum absolute atomic E-state index is 6.58. The Labute approximate surface area is 124 Å². The van der Waals surface area contributed by atoms with E-state index in [0.29, 0.717) is 23.4 Å². The third-order valence-electron chi connectivity index (χ3n) is 4.47. The first kappa shape index (κ1) is 15.5. The fraction of sp³-hybridized carbons (Fsp3) is 0.667. The monoisotopic (exact) mass is 274 g/mol. The Morgan fingerprint density at radius 3 is 2.55 bits per heavy atom. The molecular weight excluding hydrogens is 244 g/mol. The summed E-state index contributed by atoms with van der Waals surface area (Å²) < 4.78 is 0. The Balaban J connectivity index is 2.19. The van der Waals surface area contributed by atoms with E-state index in [0.717, 1.165) is 12.8 Å². The lowest BCUT2D eigenvalue weighted by Gasteiger charge is -2.27. The van der Waals surface area contributed by atoms with Crippen molar-refractivity contribution in [3.8, 4) is 0 Å². The molecule has 0 bridgehead atoms. The highest BCUT2D eigenvalue weighted by Crippen LogP contribution is 2.35. The lowest BCUT2D eigenvalue weighted by atomic mass is 9.82. The fourth-order valence-corrected chi connectivity index (χ4v) is 3.52. The second-order valence-corrected chi connectivity index (χ2v) is 7.53. The number of hydrogen-bond acceptors (Lipinski definition) is 2. The average molecular weight is 274 g/mol. The van der Waals surface area contributed by atoms with Gasteiger partial charge in [0.15, 0.2) is 0 Å². The molecule has 4 unspecified atom stereocenters.